The number of nitrogens with one attached hydrogen (secondary N) is 1. The molecule has 5 heteroatoms. The molecule has 0 aliphatic heterocycles. The van der Waals surface area contributed by atoms with Crippen molar-refractivity contribution in [1.82, 2.24) is 9.55 Å². The van der Waals surface area contributed by atoms with Crippen LogP contribution in [-0.4, -0.2) is 20.6 Å². The molecule has 0 radical (unpaired) electrons. The summed E-state index contributed by atoms with van der Waals surface area (Å²) in [5.41, 5.74) is 3.22. The molecule has 94 valence electrons. The average molecular weight is 245 g/mol. The van der Waals surface area contributed by atoms with Crippen molar-refractivity contribution in [3.63, 3.8) is 0 Å². The molecule has 0 bridgehead atoms. The average Bonchev–Trinajstić information content (AvgIpc) is 2.73. The first-order chi connectivity index (χ1) is 8.58. The topological polar surface area (TPSA) is 67.2 Å². The van der Waals surface area contributed by atoms with Crippen LogP contribution in [0.25, 0.3) is 0 Å². The maximum atomic E-state index is 10.8. The smallest absolute Gasteiger partial charge is 0.335 e. The van der Waals surface area contributed by atoms with Gasteiger partial charge in [-0.15, -0.1) is 0 Å². The van der Waals surface area contributed by atoms with E-state index in [0.717, 1.165) is 16.9 Å². The highest BCUT2D eigenvalue weighted by atomic mass is 16.4. The molecule has 0 aliphatic carbocycles. The number of aryl methyl sites for hydroxylation is 2. The number of hydrogen-bond acceptors (Lipinski definition) is 3. The second-order valence-corrected chi connectivity index (χ2v) is 4.18. The number of anilines is 1. The third-order valence-corrected chi connectivity index (χ3v) is 2.85. The number of carbonyl (C=O) groups is 1. The van der Waals surface area contributed by atoms with E-state index < -0.39 is 5.97 Å². The molecule has 2 aromatic rings. The van der Waals surface area contributed by atoms with Crippen LogP contribution in [0.4, 0.5) is 5.69 Å². The number of hydrogen-bond donors (Lipinski definition) is 2. The van der Waals surface area contributed by atoms with Gasteiger partial charge in [0, 0.05) is 18.9 Å². The van der Waals surface area contributed by atoms with Gasteiger partial charge >= 0.3 is 5.97 Å². The predicted octanol–water partition coefficient (Wildman–Crippen LogP) is 2.04. The molecule has 1 aromatic heterocycles. The molecular weight excluding hydrogens is 230 g/mol. The van der Waals surface area contributed by atoms with Crippen LogP contribution in [0.1, 0.15) is 21.6 Å². The Morgan fingerprint density at radius 1 is 1.50 bits per heavy atom. The molecule has 0 saturated heterocycles. The van der Waals surface area contributed by atoms with Crippen molar-refractivity contribution in [2.24, 2.45) is 7.05 Å². The molecule has 0 saturated carbocycles. The maximum absolute atomic E-state index is 10.8. The summed E-state index contributed by atoms with van der Waals surface area (Å²) in [6.07, 6.45) is 3.55. The minimum Gasteiger partial charge on any atom is -0.478 e. The third-order valence-electron chi connectivity index (χ3n) is 2.85. The molecule has 1 aromatic carbocycles. The number of benzene rings is 1. The summed E-state index contributed by atoms with van der Waals surface area (Å²) in [5, 5.41) is 12.2. The Bertz CT molecular complexity index is 575. The van der Waals surface area contributed by atoms with Crippen molar-refractivity contribution in [3.05, 3.63) is 47.5 Å². The zero-order valence-corrected chi connectivity index (χ0v) is 10.3. The summed E-state index contributed by atoms with van der Waals surface area (Å²) in [4.78, 5) is 14.9. The molecule has 0 unspecified atom stereocenters. The van der Waals surface area contributed by atoms with E-state index in [4.69, 9.17) is 5.11 Å². The minimum absolute atomic E-state index is 0.304. The minimum atomic E-state index is -0.906. The molecule has 0 fully saturated rings. The molecule has 1 heterocycles. The summed E-state index contributed by atoms with van der Waals surface area (Å²) < 4.78 is 1.94. The van der Waals surface area contributed by atoms with Crippen molar-refractivity contribution in [1.29, 1.82) is 0 Å². The molecule has 18 heavy (non-hydrogen) atoms. The Labute approximate surface area is 105 Å². The molecular formula is C13H15N3O2. The Kier molecular flexibility index (Phi) is 3.32. The van der Waals surface area contributed by atoms with Crippen molar-refractivity contribution in [3.8, 4) is 0 Å². The highest BCUT2D eigenvalue weighted by Crippen LogP contribution is 2.17. The molecule has 0 amide bonds. The predicted molar refractivity (Wildman–Crippen MR) is 68.7 cm³/mol. The van der Waals surface area contributed by atoms with Crippen LogP contribution in [0.3, 0.4) is 0 Å². The van der Waals surface area contributed by atoms with Gasteiger partial charge in [0.25, 0.3) is 0 Å². The first-order valence-corrected chi connectivity index (χ1v) is 5.61. The first kappa shape index (κ1) is 12.2. The van der Waals surface area contributed by atoms with E-state index in [2.05, 4.69) is 10.3 Å². The highest BCUT2D eigenvalue weighted by Gasteiger charge is 2.06. The van der Waals surface area contributed by atoms with Gasteiger partial charge in [0.05, 0.1) is 24.1 Å². The summed E-state index contributed by atoms with van der Waals surface area (Å²) in [6, 6.07) is 5.05. The molecule has 2 rings (SSSR count). The number of carboxylic acid groups (broad SMARTS) is 1. The number of rotatable bonds is 4. The second kappa shape index (κ2) is 4.91. The van der Waals surface area contributed by atoms with E-state index in [-0.39, 0.29) is 0 Å². The van der Waals surface area contributed by atoms with Crippen molar-refractivity contribution >= 4 is 11.7 Å². The SMILES string of the molecule is Cc1cc(C(=O)O)ccc1NCc1cncn1C. The fourth-order valence-electron chi connectivity index (χ4n) is 1.74. The lowest BCUT2D eigenvalue weighted by molar-refractivity contribution is 0.0697. The number of imidazole rings is 1. The summed E-state index contributed by atoms with van der Waals surface area (Å²) >= 11 is 0. The zero-order chi connectivity index (χ0) is 13.1. The van der Waals surface area contributed by atoms with Gasteiger partial charge in [-0.05, 0) is 30.7 Å². The Morgan fingerprint density at radius 2 is 2.28 bits per heavy atom. The van der Waals surface area contributed by atoms with E-state index in [0.29, 0.717) is 12.1 Å². The molecule has 0 spiro atoms. The van der Waals surface area contributed by atoms with Crippen LogP contribution >= 0.6 is 0 Å². The van der Waals surface area contributed by atoms with E-state index in [1.54, 1.807) is 30.7 Å². The van der Waals surface area contributed by atoms with Gasteiger partial charge in [0.2, 0.25) is 0 Å². The van der Waals surface area contributed by atoms with E-state index in [1.165, 1.54) is 0 Å². The number of carboxylic acids is 1. The van der Waals surface area contributed by atoms with Crippen LogP contribution in [0.2, 0.25) is 0 Å². The monoisotopic (exact) mass is 245 g/mol. The lowest BCUT2D eigenvalue weighted by atomic mass is 10.1. The Morgan fingerprint density at radius 3 is 2.83 bits per heavy atom. The van der Waals surface area contributed by atoms with Crippen molar-refractivity contribution < 1.29 is 9.90 Å². The van der Waals surface area contributed by atoms with Gasteiger partial charge in [0.15, 0.2) is 0 Å². The van der Waals surface area contributed by atoms with Gasteiger partial charge in [-0.25, -0.2) is 9.78 Å². The van der Waals surface area contributed by atoms with Gasteiger partial charge in [0.1, 0.15) is 0 Å². The summed E-state index contributed by atoms with van der Waals surface area (Å²) in [7, 11) is 1.93. The largest absolute Gasteiger partial charge is 0.478 e. The van der Waals surface area contributed by atoms with Crippen LogP contribution in [-0.2, 0) is 13.6 Å². The van der Waals surface area contributed by atoms with Gasteiger partial charge in [-0.2, -0.15) is 0 Å². The standard InChI is InChI=1S/C13H15N3O2/c1-9-5-10(13(17)18)3-4-12(9)15-7-11-6-14-8-16(11)2/h3-6,8,15H,7H2,1-2H3,(H,17,18). The van der Waals surface area contributed by atoms with Crippen molar-refractivity contribution in [2.75, 3.05) is 5.32 Å². The lowest BCUT2D eigenvalue weighted by Gasteiger charge is -2.10. The van der Waals surface area contributed by atoms with Crippen LogP contribution < -0.4 is 5.32 Å². The Hall–Kier alpha value is -2.30. The number of nitrogens with zero attached hydrogens (tertiary/aromatic N) is 2. The Balaban J connectivity index is 2.11. The maximum Gasteiger partial charge on any atom is 0.335 e. The molecule has 0 atom stereocenters. The van der Waals surface area contributed by atoms with Gasteiger partial charge < -0.3 is 15.0 Å². The van der Waals surface area contributed by atoms with Crippen molar-refractivity contribution in [2.45, 2.75) is 13.5 Å². The highest BCUT2D eigenvalue weighted by molar-refractivity contribution is 5.88. The van der Waals surface area contributed by atoms with Crippen LogP contribution in [0.15, 0.2) is 30.7 Å². The molecule has 0 aliphatic rings. The van der Waals surface area contributed by atoms with Gasteiger partial charge in [-0.1, -0.05) is 0 Å². The quantitative estimate of drug-likeness (QED) is 0.865. The number of aromatic nitrogens is 2. The third kappa shape index (κ3) is 2.51. The first-order valence-electron chi connectivity index (χ1n) is 5.61. The van der Waals surface area contributed by atoms with Crippen LogP contribution in [0.5, 0.6) is 0 Å². The van der Waals surface area contributed by atoms with E-state index in [1.807, 2.05) is 18.5 Å². The van der Waals surface area contributed by atoms with Crippen LogP contribution in [0, 0.1) is 6.92 Å². The van der Waals surface area contributed by atoms with E-state index >= 15 is 0 Å². The molecule has 5 nitrogen and oxygen atoms in total. The fraction of sp³-hybridized carbons (Fsp3) is 0.231. The number of aromatic carboxylic acids is 1. The molecule has 2 N–H and O–H groups in total. The fourth-order valence-corrected chi connectivity index (χ4v) is 1.74. The van der Waals surface area contributed by atoms with E-state index in [9.17, 15) is 4.79 Å². The van der Waals surface area contributed by atoms with Gasteiger partial charge in [-0.3, -0.25) is 0 Å². The summed E-state index contributed by atoms with van der Waals surface area (Å²) in [6.45, 7) is 2.54. The summed E-state index contributed by atoms with van der Waals surface area (Å²) in [5.74, 6) is -0.906. The lowest BCUT2D eigenvalue weighted by Crippen LogP contribution is -2.06. The second-order valence-electron chi connectivity index (χ2n) is 4.18. The zero-order valence-electron chi connectivity index (χ0n) is 10.3. The normalized spacial score (nSPS) is 10.3.